The Hall–Kier alpha value is -0.690. The highest BCUT2D eigenvalue weighted by Gasteiger charge is 2.14. The van der Waals surface area contributed by atoms with Crippen LogP contribution in [-0.4, -0.2) is 5.25 Å². The summed E-state index contributed by atoms with van der Waals surface area (Å²) in [5.41, 5.74) is 2.86. The molecule has 0 saturated carbocycles. The van der Waals surface area contributed by atoms with Crippen molar-refractivity contribution in [2.45, 2.75) is 12.2 Å². The maximum Gasteiger partial charge on any atom is 0.0524 e. The summed E-state index contributed by atoms with van der Waals surface area (Å²) in [6, 6.07) is 0. The predicted molar refractivity (Wildman–Crippen MR) is 51.5 cm³/mol. The molecular formula is C10H10S. The van der Waals surface area contributed by atoms with E-state index in [1.807, 2.05) is 11.8 Å². The van der Waals surface area contributed by atoms with Crippen LogP contribution in [-0.2, 0) is 0 Å². The van der Waals surface area contributed by atoms with Gasteiger partial charge in [0.15, 0.2) is 0 Å². The topological polar surface area (TPSA) is 0 Å². The average Bonchev–Trinajstić information content (AvgIpc) is 2.06. The standard InChI is InChI=1S/C10H10S/c1-8-6-7-11-10-5-3-2-4-9(8)10/h2-7,10H,1H3. The van der Waals surface area contributed by atoms with Gasteiger partial charge in [-0.05, 0) is 23.5 Å². The van der Waals surface area contributed by atoms with Crippen LogP contribution in [0.15, 0.2) is 46.9 Å². The van der Waals surface area contributed by atoms with Crippen LogP contribution in [0.1, 0.15) is 6.92 Å². The molecule has 2 aliphatic rings. The lowest BCUT2D eigenvalue weighted by Gasteiger charge is -2.19. The van der Waals surface area contributed by atoms with Gasteiger partial charge in [-0.1, -0.05) is 30.4 Å². The first-order chi connectivity index (χ1) is 5.38. The third-order valence-electron chi connectivity index (χ3n) is 1.98. The van der Waals surface area contributed by atoms with E-state index in [1.165, 1.54) is 11.1 Å². The summed E-state index contributed by atoms with van der Waals surface area (Å²) in [5, 5.41) is 2.75. The van der Waals surface area contributed by atoms with Gasteiger partial charge in [-0.2, -0.15) is 0 Å². The minimum absolute atomic E-state index is 0.574. The molecule has 1 heteroatoms. The first-order valence-electron chi connectivity index (χ1n) is 3.75. The third-order valence-corrected chi connectivity index (χ3v) is 2.98. The molecule has 0 radical (unpaired) electrons. The van der Waals surface area contributed by atoms with Gasteiger partial charge in [0.05, 0.1) is 5.25 Å². The van der Waals surface area contributed by atoms with Crippen LogP contribution < -0.4 is 0 Å². The Morgan fingerprint density at radius 2 is 2.18 bits per heavy atom. The van der Waals surface area contributed by atoms with E-state index < -0.39 is 0 Å². The van der Waals surface area contributed by atoms with Crippen molar-refractivity contribution in [2.24, 2.45) is 0 Å². The van der Waals surface area contributed by atoms with Gasteiger partial charge < -0.3 is 0 Å². The smallest absolute Gasteiger partial charge is 0.0524 e. The van der Waals surface area contributed by atoms with Crippen molar-refractivity contribution in [1.82, 2.24) is 0 Å². The Morgan fingerprint density at radius 3 is 3.00 bits per heavy atom. The van der Waals surface area contributed by atoms with Crippen LogP contribution in [0.4, 0.5) is 0 Å². The number of thioether (sulfide) groups is 1. The first kappa shape index (κ1) is 6.99. The number of allylic oxidation sites excluding steroid dienone is 5. The molecule has 11 heavy (non-hydrogen) atoms. The Labute approximate surface area is 71.4 Å². The predicted octanol–water partition coefficient (Wildman–Crippen LogP) is 3.06. The Bertz CT molecular complexity index is 279. The Morgan fingerprint density at radius 1 is 1.27 bits per heavy atom. The summed E-state index contributed by atoms with van der Waals surface area (Å²) in [6.45, 7) is 2.17. The van der Waals surface area contributed by atoms with Crippen molar-refractivity contribution in [3.8, 4) is 0 Å². The van der Waals surface area contributed by atoms with Crippen LogP contribution in [0.5, 0.6) is 0 Å². The number of rotatable bonds is 0. The molecule has 0 N–H and O–H groups in total. The fraction of sp³-hybridized carbons (Fsp3) is 0.200. The molecule has 2 rings (SSSR count). The molecule has 0 aromatic rings. The van der Waals surface area contributed by atoms with Crippen molar-refractivity contribution in [3.05, 3.63) is 46.9 Å². The van der Waals surface area contributed by atoms with Crippen molar-refractivity contribution in [2.75, 3.05) is 0 Å². The maximum absolute atomic E-state index is 2.24. The normalized spacial score (nSPS) is 27.5. The lowest BCUT2D eigenvalue weighted by molar-refractivity contribution is 1.22. The highest BCUT2D eigenvalue weighted by atomic mass is 32.2. The van der Waals surface area contributed by atoms with E-state index in [4.69, 9.17) is 0 Å². The van der Waals surface area contributed by atoms with Crippen LogP contribution >= 0.6 is 11.8 Å². The molecular weight excluding hydrogens is 152 g/mol. The van der Waals surface area contributed by atoms with Gasteiger partial charge in [0.25, 0.3) is 0 Å². The minimum Gasteiger partial charge on any atom is -0.122 e. The van der Waals surface area contributed by atoms with Crippen LogP contribution in [0.2, 0.25) is 0 Å². The number of fused-ring (bicyclic) bond motifs is 1. The molecule has 0 aromatic heterocycles. The van der Waals surface area contributed by atoms with E-state index in [0.717, 1.165) is 0 Å². The average molecular weight is 162 g/mol. The van der Waals surface area contributed by atoms with Crippen LogP contribution in [0.25, 0.3) is 0 Å². The molecule has 0 bridgehead atoms. The Balaban J connectivity index is 2.43. The molecule has 1 aliphatic carbocycles. The van der Waals surface area contributed by atoms with Gasteiger partial charge in [-0.3, -0.25) is 0 Å². The SMILES string of the molecule is CC1=C2C=CC=CC2SC=C1. The van der Waals surface area contributed by atoms with Crippen LogP contribution in [0, 0.1) is 0 Å². The quantitative estimate of drug-likeness (QED) is 0.527. The molecule has 0 saturated heterocycles. The van der Waals surface area contributed by atoms with Gasteiger partial charge in [-0.25, -0.2) is 0 Å². The van der Waals surface area contributed by atoms with Gasteiger partial charge >= 0.3 is 0 Å². The summed E-state index contributed by atoms with van der Waals surface area (Å²) in [5.74, 6) is 0. The second-order valence-corrected chi connectivity index (χ2v) is 3.79. The molecule has 1 heterocycles. The molecule has 1 aliphatic heterocycles. The van der Waals surface area contributed by atoms with E-state index in [0.29, 0.717) is 5.25 Å². The van der Waals surface area contributed by atoms with Crippen LogP contribution in [0.3, 0.4) is 0 Å². The van der Waals surface area contributed by atoms with E-state index in [2.05, 4.69) is 42.7 Å². The summed E-state index contributed by atoms with van der Waals surface area (Å²) in [6.07, 6.45) is 10.9. The second kappa shape index (κ2) is 2.74. The zero-order chi connectivity index (χ0) is 7.68. The zero-order valence-electron chi connectivity index (χ0n) is 6.45. The van der Waals surface area contributed by atoms with Crippen molar-refractivity contribution in [3.63, 3.8) is 0 Å². The summed E-state index contributed by atoms with van der Waals surface area (Å²) < 4.78 is 0. The number of hydrogen-bond acceptors (Lipinski definition) is 1. The summed E-state index contributed by atoms with van der Waals surface area (Å²) in [4.78, 5) is 0. The fourth-order valence-corrected chi connectivity index (χ4v) is 2.36. The maximum atomic E-state index is 2.24. The Kier molecular flexibility index (Phi) is 1.74. The molecule has 0 aromatic carbocycles. The lowest BCUT2D eigenvalue weighted by atomic mass is 10.0. The molecule has 0 spiro atoms. The van der Waals surface area contributed by atoms with Crippen molar-refractivity contribution in [1.29, 1.82) is 0 Å². The van der Waals surface area contributed by atoms with Crippen molar-refractivity contribution >= 4 is 11.8 Å². The molecule has 56 valence electrons. The van der Waals surface area contributed by atoms with E-state index in [-0.39, 0.29) is 0 Å². The summed E-state index contributed by atoms with van der Waals surface area (Å²) in [7, 11) is 0. The fourth-order valence-electron chi connectivity index (χ4n) is 1.32. The summed E-state index contributed by atoms with van der Waals surface area (Å²) >= 11 is 1.87. The molecule has 0 fully saturated rings. The highest BCUT2D eigenvalue weighted by molar-refractivity contribution is 8.03. The minimum atomic E-state index is 0.574. The highest BCUT2D eigenvalue weighted by Crippen LogP contribution is 2.32. The van der Waals surface area contributed by atoms with Crippen molar-refractivity contribution < 1.29 is 0 Å². The first-order valence-corrected chi connectivity index (χ1v) is 4.70. The van der Waals surface area contributed by atoms with Gasteiger partial charge in [0.1, 0.15) is 0 Å². The molecule has 1 atom stereocenters. The van der Waals surface area contributed by atoms with E-state index in [1.54, 1.807) is 0 Å². The van der Waals surface area contributed by atoms with E-state index >= 15 is 0 Å². The lowest BCUT2D eigenvalue weighted by Crippen LogP contribution is -2.06. The van der Waals surface area contributed by atoms with E-state index in [9.17, 15) is 0 Å². The number of hydrogen-bond donors (Lipinski definition) is 0. The monoisotopic (exact) mass is 162 g/mol. The second-order valence-electron chi connectivity index (χ2n) is 2.74. The van der Waals surface area contributed by atoms with Gasteiger partial charge in [-0.15, -0.1) is 11.8 Å². The zero-order valence-corrected chi connectivity index (χ0v) is 7.27. The van der Waals surface area contributed by atoms with Gasteiger partial charge in [0.2, 0.25) is 0 Å². The van der Waals surface area contributed by atoms with Gasteiger partial charge in [0, 0.05) is 0 Å². The molecule has 0 amide bonds. The molecule has 1 unspecified atom stereocenters. The third kappa shape index (κ3) is 1.21. The molecule has 0 nitrogen and oxygen atoms in total. The largest absolute Gasteiger partial charge is 0.122 e.